The Kier molecular flexibility index (Phi) is 5.27. The summed E-state index contributed by atoms with van der Waals surface area (Å²) in [6, 6.07) is 13.3. The summed E-state index contributed by atoms with van der Waals surface area (Å²) in [6.45, 7) is 12.5. The van der Waals surface area contributed by atoms with Gasteiger partial charge in [0, 0.05) is 17.5 Å². The van der Waals surface area contributed by atoms with Crippen LogP contribution < -0.4 is 5.32 Å². The van der Waals surface area contributed by atoms with Gasteiger partial charge in [-0.3, -0.25) is 4.79 Å². The van der Waals surface area contributed by atoms with Crippen molar-refractivity contribution >= 4 is 23.3 Å². The highest BCUT2D eigenvalue weighted by Gasteiger charge is 2.71. The van der Waals surface area contributed by atoms with E-state index in [1.807, 2.05) is 45.0 Å². The molecule has 0 aliphatic heterocycles. The highest BCUT2D eigenvalue weighted by molar-refractivity contribution is 6.06. The van der Waals surface area contributed by atoms with Crippen LogP contribution in [0.4, 0.5) is 5.69 Å². The number of carbonyl (C=O) groups is 2. The van der Waals surface area contributed by atoms with E-state index in [1.165, 1.54) is 0 Å². The molecule has 0 heterocycles. The van der Waals surface area contributed by atoms with E-state index in [1.54, 1.807) is 12.1 Å². The van der Waals surface area contributed by atoms with E-state index in [-0.39, 0.29) is 16.7 Å². The summed E-state index contributed by atoms with van der Waals surface area (Å²) in [7, 11) is 0. The summed E-state index contributed by atoms with van der Waals surface area (Å²) in [5.74, 6) is -0.457. The minimum Gasteiger partial charge on any atom is -0.326 e. The van der Waals surface area contributed by atoms with Gasteiger partial charge in [-0.25, -0.2) is 4.79 Å². The van der Waals surface area contributed by atoms with Crippen LogP contribution in [-0.4, -0.2) is 17.6 Å². The highest BCUT2D eigenvalue weighted by atomic mass is 16.7. The molecule has 2 aromatic carbocycles. The smallest absolute Gasteiger partial charge is 0.326 e. The van der Waals surface area contributed by atoms with Crippen LogP contribution in [-0.2, 0) is 9.63 Å². The number of nitrogens with one attached hydrogen (secondary N) is 1. The standard InChI is InChI=1S/C27H32N2O3/c1-17-7-9-20(10-8-17)23(30)32-29-22-16-27(12-11-26(22,6)25(27,4)5)24(31)28-21-14-18(2)13-19(3)15-21/h7-10,13-15H,11-12,16H2,1-6H3,(H,28,31). The van der Waals surface area contributed by atoms with Crippen LogP contribution in [0.5, 0.6) is 0 Å². The number of anilines is 1. The zero-order valence-corrected chi connectivity index (χ0v) is 19.8. The second-order valence-electron chi connectivity index (χ2n) is 10.3. The zero-order chi connectivity index (χ0) is 23.3. The molecule has 0 radical (unpaired) electrons. The number of hydrogen-bond acceptors (Lipinski definition) is 4. The number of fused-ring (bicyclic) bond motifs is 2. The Bertz CT molecular complexity index is 1100. The number of carbonyl (C=O) groups excluding carboxylic acids is 2. The summed E-state index contributed by atoms with van der Waals surface area (Å²) in [4.78, 5) is 31.5. The number of nitrogens with zero attached hydrogens (tertiary/aromatic N) is 1. The third-order valence-corrected chi connectivity index (χ3v) is 8.17. The number of aryl methyl sites for hydroxylation is 3. The Hall–Kier alpha value is -2.95. The van der Waals surface area contributed by atoms with Crippen molar-refractivity contribution in [2.45, 2.75) is 60.8 Å². The highest BCUT2D eigenvalue weighted by Crippen LogP contribution is 2.71. The summed E-state index contributed by atoms with van der Waals surface area (Å²) < 4.78 is 0. The van der Waals surface area contributed by atoms with Gasteiger partial charge in [-0.05, 0) is 74.4 Å². The molecule has 2 bridgehead atoms. The SMILES string of the molecule is Cc1ccc(C(=O)ON=C2CC3(C(=O)Nc4cc(C)cc(C)c4)CCC2(C)C3(C)C)cc1. The van der Waals surface area contributed by atoms with Gasteiger partial charge in [0.15, 0.2) is 0 Å². The second kappa shape index (κ2) is 7.58. The molecule has 2 aliphatic carbocycles. The van der Waals surface area contributed by atoms with Crippen LogP contribution >= 0.6 is 0 Å². The van der Waals surface area contributed by atoms with Crippen LogP contribution in [0.1, 0.15) is 67.1 Å². The van der Waals surface area contributed by atoms with Crippen LogP contribution in [0.15, 0.2) is 47.6 Å². The molecule has 0 saturated heterocycles. The number of oxime groups is 1. The quantitative estimate of drug-likeness (QED) is 0.477. The molecule has 2 saturated carbocycles. The van der Waals surface area contributed by atoms with Gasteiger partial charge in [0.05, 0.1) is 16.7 Å². The van der Waals surface area contributed by atoms with Crippen LogP contribution in [0.3, 0.4) is 0 Å². The molecular formula is C27H32N2O3. The van der Waals surface area contributed by atoms with E-state index in [2.05, 4.69) is 37.3 Å². The van der Waals surface area contributed by atoms with Gasteiger partial charge in [0.25, 0.3) is 0 Å². The fourth-order valence-electron chi connectivity index (χ4n) is 5.66. The van der Waals surface area contributed by atoms with Gasteiger partial charge in [-0.15, -0.1) is 0 Å². The number of benzene rings is 2. The molecule has 1 amide bonds. The van der Waals surface area contributed by atoms with Gasteiger partial charge in [-0.1, -0.05) is 49.7 Å². The summed E-state index contributed by atoms with van der Waals surface area (Å²) in [5, 5.41) is 7.49. The van der Waals surface area contributed by atoms with Crippen LogP contribution in [0.2, 0.25) is 0 Å². The van der Waals surface area contributed by atoms with Crippen molar-refractivity contribution in [2.75, 3.05) is 5.32 Å². The minimum atomic E-state index is -0.589. The van der Waals surface area contributed by atoms with Crippen molar-refractivity contribution in [2.24, 2.45) is 21.4 Å². The van der Waals surface area contributed by atoms with Gasteiger partial charge in [0.1, 0.15) is 0 Å². The molecule has 2 atom stereocenters. The molecule has 5 nitrogen and oxygen atoms in total. The fraction of sp³-hybridized carbons (Fsp3) is 0.444. The first-order valence-electron chi connectivity index (χ1n) is 11.2. The molecule has 32 heavy (non-hydrogen) atoms. The molecule has 2 fully saturated rings. The first-order valence-corrected chi connectivity index (χ1v) is 11.2. The average Bonchev–Trinajstić information content (AvgIpc) is 3.02. The molecule has 1 N–H and O–H groups in total. The van der Waals surface area contributed by atoms with E-state index in [4.69, 9.17) is 4.84 Å². The Balaban J connectivity index is 1.59. The van der Waals surface area contributed by atoms with Gasteiger partial charge in [-0.2, -0.15) is 0 Å². The monoisotopic (exact) mass is 432 g/mol. The van der Waals surface area contributed by atoms with E-state index in [0.717, 1.165) is 40.9 Å². The molecule has 2 unspecified atom stereocenters. The number of hydrogen-bond donors (Lipinski definition) is 1. The van der Waals surface area contributed by atoms with E-state index in [9.17, 15) is 9.59 Å². The first-order chi connectivity index (χ1) is 15.0. The van der Waals surface area contributed by atoms with E-state index < -0.39 is 11.4 Å². The molecule has 2 aromatic rings. The number of amides is 1. The molecule has 5 heteroatoms. The van der Waals surface area contributed by atoms with Crippen molar-refractivity contribution in [3.05, 3.63) is 64.7 Å². The Labute approximate surface area is 190 Å². The number of rotatable bonds is 4. The summed E-state index contributed by atoms with van der Waals surface area (Å²) in [6.07, 6.45) is 2.12. The summed E-state index contributed by atoms with van der Waals surface area (Å²) in [5.41, 5.74) is 4.18. The van der Waals surface area contributed by atoms with Crippen molar-refractivity contribution in [1.29, 1.82) is 0 Å². The Morgan fingerprint density at radius 3 is 2.16 bits per heavy atom. The molecular weight excluding hydrogens is 400 g/mol. The van der Waals surface area contributed by atoms with E-state index in [0.29, 0.717) is 12.0 Å². The molecule has 4 rings (SSSR count). The maximum Gasteiger partial charge on any atom is 0.365 e. The van der Waals surface area contributed by atoms with Crippen molar-refractivity contribution in [1.82, 2.24) is 0 Å². The predicted octanol–water partition coefficient (Wildman–Crippen LogP) is 5.98. The Morgan fingerprint density at radius 1 is 0.906 bits per heavy atom. The molecule has 2 aliphatic rings. The maximum atomic E-state index is 13.6. The van der Waals surface area contributed by atoms with Crippen LogP contribution in [0, 0.1) is 37.0 Å². The lowest BCUT2D eigenvalue weighted by molar-refractivity contribution is -0.130. The molecule has 168 valence electrons. The lowest BCUT2D eigenvalue weighted by Gasteiger charge is -2.39. The van der Waals surface area contributed by atoms with Crippen molar-refractivity contribution in [3.8, 4) is 0 Å². The normalized spacial score (nSPS) is 26.9. The fourth-order valence-corrected chi connectivity index (χ4v) is 5.66. The van der Waals surface area contributed by atoms with E-state index >= 15 is 0 Å². The maximum absolute atomic E-state index is 13.6. The average molecular weight is 433 g/mol. The van der Waals surface area contributed by atoms with Crippen molar-refractivity contribution < 1.29 is 14.4 Å². The minimum absolute atomic E-state index is 0.0197. The molecule has 0 spiro atoms. The van der Waals surface area contributed by atoms with Crippen LogP contribution in [0.25, 0.3) is 0 Å². The lowest BCUT2D eigenvalue weighted by atomic mass is 9.64. The second-order valence-corrected chi connectivity index (χ2v) is 10.3. The molecule has 0 aromatic heterocycles. The predicted molar refractivity (Wildman–Crippen MR) is 127 cm³/mol. The van der Waals surface area contributed by atoms with Gasteiger partial charge < -0.3 is 10.2 Å². The third-order valence-electron chi connectivity index (χ3n) is 8.17. The summed E-state index contributed by atoms with van der Waals surface area (Å²) >= 11 is 0. The van der Waals surface area contributed by atoms with Gasteiger partial charge in [0.2, 0.25) is 5.91 Å². The Morgan fingerprint density at radius 2 is 1.53 bits per heavy atom. The lowest BCUT2D eigenvalue weighted by Crippen LogP contribution is -2.43. The largest absolute Gasteiger partial charge is 0.365 e. The first kappa shape index (κ1) is 22.3. The van der Waals surface area contributed by atoms with Gasteiger partial charge >= 0.3 is 5.97 Å². The third kappa shape index (κ3) is 3.35. The van der Waals surface area contributed by atoms with Crippen molar-refractivity contribution in [3.63, 3.8) is 0 Å². The zero-order valence-electron chi connectivity index (χ0n) is 19.8. The topological polar surface area (TPSA) is 67.8 Å².